The fraction of sp³-hybridized carbons (Fsp3) is 0.346. The number of aliphatic hydroxyl groups is 1. The van der Waals surface area contributed by atoms with E-state index in [9.17, 15) is 31.5 Å². The van der Waals surface area contributed by atoms with Gasteiger partial charge < -0.3 is 10.1 Å². The summed E-state index contributed by atoms with van der Waals surface area (Å²) < 4.78 is 70.9. The molecule has 0 saturated heterocycles. The molecule has 13 heteroatoms. The number of aromatic nitrogens is 4. The molecule has 4 rings (SSSR count). The van der Waals surface area contributed by atoms with Crippen LogP contribution in [0.3, 0.4) is 0 Å². The van der Waals surface area contributed by atoms with Gasteiger partial charge in [0.1, 0.15) is 11.2 Å². The molecule has 4 aromatic rings. The molecule has 0 radical (unpaired) electrons. The van der Waals surface area contributed by atoms with Gasteiger partial charge in [-0.2, -0.15) is 26.7 Å². The van der Waals surface area contributed by atoms with Gasteiger partial charge in [-0.3, -0.25) is 8.98 Å². The number of nitrogens with zero attached hydrogens (tertiary/aromatic N) is 3. The Hall–Kier alpha value is -3.55. The Morgan fingerprint density at radius 2 is 1.72 bits per heavy atom. The number of hydrogen-bond donors (Lipinski definition) is 2. The number of rotatable bonds is 9. The number of halogens is 3. The molecule has 9 nitrogen and oxygen atoms in total. The minimum Gasteiger partial charge on any atom is -0.396 e. The average molecular weight is 565 g/mol. The molecule has 0 amide bonds. The maximum absolute atomic E-state index is 13.0. The first-order chi connectivity index (χ1) is 18.3. The lowest BCUT2D eigenvalue weighted by atomic mass is 10.0. The third kappa shape index (κ3) is 6.21. The topological polar surface area (TPSA) is 127 Å². The van der Waals surface area contributed by atoms with E-state index in [0.717, 1.165) is 17.7 Å². The summed E-state index contributed by atoms with van der Waals surface area (Å²) in [5.41, 5.74) is 0.565. The van der Waals surface area contributed by atoms with Crippen LogP contribution >= 0.6 is 0 Å². The van der Waals surface area contributed by atoms with E-state index in [2.05, 4.69) is 15.1 Å². The second-order valence-electron chi connectivity index (χ2n) is 9.34. The third-order valence-electron chi connectivity index (χ3n) is 6.35. The number of fused-ring (bicyclic) bond motifs is 1. The normalized spacial score (nSPS) is 14.0. The minimum absolute atomic E-state index is 0.0169. The highest BCUT2D eigenvalue weighted by molar-refractivity contribution is 7.86. The fourth-order valence-electron chi connectivity index (χ4n) is 4.14. The zero-order valence-electron chi connectivity index (χ0n) is 21.4. The summed E-state index contributed by atoms with van der Waals surface area (Å²) in [5.74, 6) is -0.426. The Morgan fingerprint density at radius 1 is 1.08 bits per heavy atom. The lowest BCUT2D eigenvalue weighted by Crippen LogP contribution is -2.21. The average Bonchev–Trinajstić information content (AvgIpc) is 3.24. The van der Waals surface area contributed by atoms with Crippen LogP contribution in [0.5, 0.6) is 0 Å². The molecule has 2 aromatic carbocycles. The molecule has 0 aliphatic carbocycles. The Morgan fingerprint density at radius 3 is 2.31 bits per heavy atom. The van der Waals surface area contributed by atoms with Crippen LogP contribution < -0.4 is 5.56 Å². The van der Waals surface area contributed by atoms with E-state index in [1.807, 2.05) is 6.92 Å². The Balaban J connectivity index is 1.64. The van der Waals surface area contributed by atoms with Gasteiger partial charge in [-0.1, -0.05) is 29.8 Å². The summed E-state index contributed by atoms with van der Waals surface area (Å²) in [4.78, 5) is 19.9. The van der Waals surface area contributed by atoms with E-state index in [4.69, 9.17) is 4.18 Å². The monoisotopic (exact) mass is 564 g/mol. The largest absolute Gasteiger partial charge is 0.416 e. The van der Waals surface area contributed by atoms with Crippen molar-refractivity contribution in [2.45, 2.75) is 44.3 Å². The van der Waals surface area contributed by atoms with Gasteiger partial charge in [0.05, 0.1) is 28.8 Å². The van der Waals surface area contributed by atoms with E-state index < -0.39 is 46.0 Å². The predicted molar refractivity (Wildman–Crippen MR) is 137 cm³/mol. The second-order valence-corrected chi connectivity index (χ2v) is 11.0. The van der Waals surface area contributed by atoms with Crippen LogP contribution in [0.15, 0.2) is 58.2 Å². The predicted octanol–water partition coefficient (Wildman–Crippen LogP) is 3.92. The second kappa shape index (κ2) is 10.9. The van der Waals surface area contributed by atoms with Crippen molar-refractivity contribution in [2.24, 2.45) is 5.92 Å². The van der Waals surface area contributed by atoms with Crippen LogP contribution in [-0.4, -0.2) is 46.5 Å². The fourth-order valence-corrected chi connectivity index (χ4v) is 5.11. The van der Waals surface area contributed by atoms with Crippen LogP contribution in [0, 0.1) is 19.8 Å². The first kappa shape index (κ1) is 28.5. The lowest BCUT2D eigenvalue weighted by Gasteiger charge is -2.15. The number of aliphatic hydroxyl groups excluding tert-OH is 1. The highest BCUT2D eigenvalue weighted by Crippen LogP contribution is 2.31. The number of benzene rings is 2. The summed E-state index contributed by atoms with van der Waals surface area (Å²) in [6, 6.07) is 10.1. The van der Waals surface area contributed by atoms with Crippen LogP contribution in [-0.2, 0) is 26.9 Å². The van der Waals surface area contributed by atoms with Crippen molar-refractivity contribution in [1.29, 1.82) is 0 Å². The highest BCUT2D eigenvalue weighted by Gasteiger charge is 2.30. The van der Waals surface area contributed by atoms with Crippen LogP contribution in [0.4, 0.5) is 13.2 Å². The molecule has 2 unspecified atom stereocenters. The molecule has 208 valence electrons. The Labute approximate surface area is 222 Å². The van der Waals surface area contributed by atoms with Crippen molar-refractivity contribution in [3.05, 3.63) is 87.1 Å². The molecule has 2 heterocycles. The highest BCUT2D eigenvalue weighted by atomic mass is 32.2. The molecule has 0 bridgehead atoms. The summed E-state index contributed by atoms with van der Waals surface area (Å²) in [7, 11) is -4.09. The summed E-state index contributed by atoms with van der Waals surface area (Å²) in [6.45, 7) is 4.29. The summed E-state index contributed by atoms with van der Waals surface area (Å²) in [5, 5.41) is 14.6. The van der Waals surface area contributed by atoms with Crippen molar-refractivity contribution in [2.75, 3.05) is 13.2 Å². The van der Waals surface area contributed by atoms with Crippen molar-refractivity contribution in [3.63, 3.8) is 0 Å². The Bertz CT molecular complexity index is 1630. The maximum Gasteiger partial charge on any atom is 0.416 e. The smallest absolute Gasteiger partial charge is 0.396 e. The molecule has 0 fully saturated rings. The van der Waals surface area contributed by atoms with E-state index in [0.29, 0.717) is 11.4 Å². The van der Waals surface area contributed by atoms with Crippen LogP contribution in [0.1, 0.15) is 41.2 Å². The summed E-state index contributed by atoms with van der Waals surface area (Å²) in [6.07, 6.45) is -4.50. The molecule has 0 spiro atoms. The molecule has 2 aromatic heterocycles. The van der Waals surface area contributed by atoms with Crippen molar-refractivity contribution in [3.8, 4) is 0 Å². The van der Waals surface area contributed by atoms with Gasteiger partial charge in [0.2, 0.25) is 0 Å². The van der Waals surface area contributed by atoms with E-state index in [-0.39, 0.29) is 34.7 Å². The number of aromatic amines is 1. The van der Waals surface area contributed by atoms with E-state index in [1.54, 1.807) is 26.0 Å². The van der Waals surface area contributed by atoms with Crippen LogP contribution in [0.25, 0.3) is 11.0 Å². The van der Waals surface area contributed by atoms with Crippen molar-refractivity contribution < 1.29 is 30.9 Å². The molecule has 0 aliphatic heterocycles. The first-order valence-electron chi connectivity index (χ1n) is 12.0. The number of nitrogens with one attached hydrogen (secondary N) is 1. The number of H-pyrrole nitrogens is 1. The summed E-state index contributed by atoms with van der Waals surface area (Å²) >= 11 is 0. The van der Waals surface area contributed by atoms with Gasteiger partial charge in [-0.05, 0) is 57.0 Å². The van der Waals surface area contributed by atoms with E-state index in [1.165, 1.54) is 28.9 Å². The lowest BCUT2D eigenvalue weighted by molar-refractivity contribution is -0.137. The molecule has 39 heavy (non-hydrogen) atoms. The standard InChI is InChI=1S/C26H27F3N4O5S/c1-15-4-10-21(11-5-15)39(36,37)38-14-18(13-34)12-22-23-24(30-17(3)31-25(23)35)33(32-22)16(2)19-6-8-20(9-7-19)26(27,28)29/h4-11,16,18,34H,12-14H2,1-3H3,(H,30,31,35). The Kier molecular flexibility index (Phi) is 7.96. The SMILES string of the molecule is Cc1ccc(S(=O)(=O)OCC(CO)Cc2nn(C(C)c3ccc(C(F)(F)F)cc3)c3nc(C)[nH]c(=O)c23)cc1. The molecule has 0 saturated carbocycles. The zero-order chi connectivity index (χ0) is 28.5. The first-order valence-corrected chi connectivity index (χ1v) is 13.4. The van der Waals surface area contributed by atoms with Gasteiger partial charge in [0.25, 0.3) is 15.7 Å². The van der Waals surface area contributed by atoms with Gasteiger partial charge >= 0.3 is 6.18 Å². The van der Waals surface area contributed by atoms with Crippen molar-refractivity contribution in [1.82, 2.24) is 19.7 Å². The van der Waals surface area contributed by atoms with Gasteiger partial charge in [0, 0.05) is 12.5 Å². The number of alkyl halides is 3. The van der Waals surface area contributed by atoms with Gasteiger partial charge in [-0.25, -0.2) is 9.67 Å². The quantitative estimate of drug-likeness (QED) is 0.295. The number of aryl methyl sites for hydroxylation is 2. The maximum atomic E-state index is 13.0. The molecule has 2 atom stereocenters. The molecular weight excluding hydrogens is 537 g/mol. The molecular formula is C26H27F3N4O5S. The zero-order valence-corrected chi connectivity index (χ0v) is 22.2. The minimum atomic E-state index is -4.48. The molecule has 2 N–H and O–H groups in total. The van der Waals surface area contributed by atoms with Gasteiger partial charge in [0.15, 0.2) is 5.65 Å². The third-order valence-corrected chi connectivity index (χ3v) is 7.64. The van der Waals surface area contributed by atoms with E-state index >= 15 is 0 Å². The van der Waals surface area contributed by atoms with Crippen LogP contribution in [0.2, 0.25) is 0 Å². The molecule has 0 aliphatic rings. The van der Waals surface area contributed by atoms with Crippen molar-refractivity contribution >= 4 is 21.2 Å². The van der Waals surface area contributed by atoms with Gasteiger partial charge in [-0.15, -0.1) is 0 Å². The number of hydrogen-bond acceptors (Lipinski definition) is 7.